The zero-order chi connectivity index (χ0) is 22.2. The Hall–Kier alpha value is -4.19. The number of benzene rings is 2. The van der Waals surface area contributed by atoms with E-state index >= 15 is 0 Å². The summed E-state index contributed by atoms with van der Waals surface area (Å²) in [6, 6.07) is 17.7. The Bertz CT molecular complexity index is 1430. The minimum Gasteiger partial charge on any atom is -0.322 e. The molecule has 0 aliphatic rings. The van der Waals surface area contributed by atoms with E-state index in [0.717, 1.165) is 45.0 Å². The van der Waals surface area contributed by atoms with E-state index in [9.17, 15) is 4.79 Å². The third kappa shape index (κ3) is 3.56. The molecule has 0 aliphatic carbocycles. The molecule has 0 atom stereocenters. The van der Waals surface area contributed by atoms with Crippen molar-refractivity contribution in [3.05, 3.63) is 102 Å². The predicted octanol–water partition coefficient (Wildman–Crippen LogP) is 5.36. The van der Waals surface area contributed by atoms with Gasteiger partial charge in [-0.2, -0.15) is 0 Å². The molecule has 1 N–H and O–H groups in total. The molecule has 0 aliphatic heterocycles. The zero-order valence-corrected chi connectivity index (χ0v) is 18.2. The summed E-state index contributed by atoms with van der Waals surface area (Å²) in [5.74, 6) is -0.122. The molecule has 0 saturated heterocycles. The van der Waals surface area contributed by atoms with Crippen LogP contribution in [0.5, 0.6) is 0 Å². The van der Waals surface area contributed by atoms with Gasteiger partial charge >= 0.3 is 0 Å². The Balaban J connectivity index is 1.54. The monoisotopic (exact) mass is 421 g/mol. The molecule has 6 heteroatoms. The molecular formula is C26H23N5O. The Morgan fingerprint density at radius 3 is 2.50 bits per heavy atom. The number of hydrogen-bond donors (Lipinski definition) is 1. The number of anilines is 1. The van der Waals surface area contributed by atoms with Gasteiger partial charge in [0.2, 0.25) is 0 Å². The number of amides is 1. The van der Waals surface area contributed by atoms with Gasteiger partial charge in [0, 0.05) is 41.5 Å². The van der Waals surface area contributed by atoms with Crippen LogP contribution in [0.2, 0.25) is 0 Å². The van der Waals surface area contributed by atoms with E-state index in [1.165, 1.54) is 0 Å². The predicted molar refractivity (Wildman–Crippen MR) is 126 cm³/mol. The van der Waals surface area contributed by atoms with Crippen LogP contribution in [0.25, 0.3) is 22.6 Å². The van der Waals surface area contributed by atoms with Crippen LogP contribution in [0.1, 0.15) is 27.0 Å². The smallest absolute Gasteiger partial charge is 0.255 e. The van der Waals surface area contributed by atoms with Crippen molar-refractivity contribution in [3.8, 4) is 16.9 Å². The Labute approximate surface area is 186 Å². The SMILES string of the molecule is Cc1cc(C)cc(C(=O)Nc2ccc(C)c(-n3ccc4ncc(-c5cccnc5)n43)c2)c1. The van der Waals surface area contributed by atoms with Crippen LogP contribution in [0, 0.1) is 20.8 Å². The summed E-state index contributed by atoms with van der Waals surface area (Å²) in [4.78, 5) is 21.7. The summed E-state index contributed by atoms with van der Waals surface area (Å²) in [7, 11) is 0. The standard InChI is InChI=1S/C26H23N5O/c1-17-11-18(2)13-21(12-17)26(32)29-22-7-6-19(3)23(14-22)30-10-8-25-28-16-24(31(25)30)20-5-4-9-27-15-20/h4-16H,1-3H3,(H,29,32). The topological polar surface area (TPSA) is 64.2 Å². The zero-order valence-electron chi connectivity index (χ0n) is 18.2. The summed E-state index contributed by atoms with van der Waals surface area (Å²) in [5.41, 5.74) is 8.34. The van der Waals surface area contributed by atoms with E-state index in [4.69, 9.17) is 0 Å². The molecule has 6 nitrogen and oxygen atoms in total. The van der Waals surface area contributed by atoms with Gasteiger partial charge in [0.25, 0.3) is 5.91 Å². The maximum absolute atomic E-state index is 12.9. The van der Waals surface area contributed by atoms with Crippen molar-refractivity contribution in [2.75, 3.05) is 5.32 Å². The second kappa shape index (κ2) is 7.81. The van der Waals surface area contributed by atoms with Crippen LogP contribution in [-0.4, -0.2) is 25.1 Å². The highest BCUT2D eigenvalue weighted by molar-refractivity contribution is 6.04. The molecular weight excluding hydrogens is 398 g/mol. The van der Waals surface area contributed by atoms with Gasteiger partial charge in [-0.15, -0.1) is 0 Å². The number of imidazole rings is 1. The van der Waals surface area contributed by atoms with E-state index in [0.29, 0.717) is 5.56 Å². The lowest BCUT2D eigenvalue weighted by molar-refractivity contribution is 0.102. The molecule has 2 aromatic carbocycles. The van der Waals surface area contributed by atoms with Crippen molar-refractivity contribution in [2.45, 2.75) is 20.8 Å². The molecule has 0 fully saturated rings. The molecule has 0 bridgehead atoms. The van der Waals surface area contributed by atoms with Gasteiger partial charge in [-0.25, -0.2) is 9.50 Å². The average molecular weight is 422 g/mol. The fourth-order valence-electron chi connectivity index (χ4n) is 4.05. The quantitative estimate of drug-likeness (QED) is 0.425. The Kier molecular flexibility index (Phi) is 4.82. The number of nitrogens with zero attached hydrogens (tertiary/aromatic N) is 4. The molecule has 0 radical (unpaired) electrons. The van der Waals surface area contributed by atoms with E-state index < -0.39 is 0 Å². The molecule has 5 rings (SSSR count). The number of rotatable bonds is 4. The maximum Gasteiger partial charge on any atom is 0.255 e. The largest absolute Gasteiger partial charge is 0.322 e. The highest BCUT2D eigenvalue weighted by Crippen LogP contribution is 2.25. The number of carbonyl (C=O) groups is 1. The van der Waals surface area contributed by atoms with Gasteiger partial charge in [-0.3, -0.25) is 14.5 Å². The summed E-state index contributed by atoms with van der Waals surface area (Å²) in [6.45, 7) is 6.05. The molecule has 0 spiro atoms. The van der Waals surface area contributed by atoms with Crippen molar-refractivity contribution >= 4 is 17.2 Å². The first kappa shape index (κ1) is 19.8. The van der Waals surface area contributed by atoms with Gasteiger partial charge in [-0.05, 0) is 62.7 Å². The first-order valence-corrected chi connectivity index (χ1v) is 10.5. The Morgan fingerprint density at radius 2 is 1.75 bits per heavy atom. The molecule has 3 aromatic heterocycles. The van der Waals surface area contributed by atoms with E-state index in [2.05, 4.69) is 32.8 Å². The van der Waals surface area contributed by atoms with Crippen LogP contribution < -0.4 is 5.32 Å². The summed E-state index contributed by atoms with van der Waals surface area (Å²) in [6.07, 6.45) is 7.42. The molecule has 0 saturated carbocycles. The minimum absolute atomic E-state index is 0.122. The lowest BCUT2D eigenvalue weighted by Crippen LogP contribution is -2.13. The summed E-state index contributed by atoms with van der Waals surface area (Å²) >= 11 is 0. The number of pyridine rings is 1. The number of carbonyl (C=O) groups excluding carboxylic acids is 1. The Morgan fingerprint density at radius 1 is 0.938 bits per heavy atom. The second-order valence-electron chi connectivity index (χ2n) is 8.05. The van der Waals surface area contributed by atoms with Crippen LogP contribution in [-0.2, 0) is 0 Å². The average Bonchev–Trinajstić information content (AvgIpc) is 3.37. The van der Waals surface area contributed by atoms with E-state index in [1.807, 2.05) is 85.7 Å². The van der Waals surface area contributed by atoms with Gasteiger partial charge in [-0.1, -0.05) is 23.3 Å². The number of hydrogen-bond acceptors (Lipinski definition) is 3. The van der Waals surface area contributed by atoms with Crippen LogP contribution in [0.15, 0.2) is 79.4 Å². The normalized spacial score (nSPS) is 11.1. The van der Waals surface area contributed by atoms with Gasteiger partial charge in [0.05, 0.1) is 17.6 Å². The maximum atomic E-state index is 12.9. The van der Waals surface area contributed by atoms with Gasteiger partial charge in [0.15, 0.2) is 5.65 Å². The van der Waals surface area contributed by atoms with Crippen molar-refractivity contribution < 1.29 is 4.79 Å². The summed E-state index contributed by atoms with van der Waals surface area (Å²) in [5, 5.41) is 3.04. The third-order valence-electron chi connectivity index (χ3n) is 5.50. The van der Waals surface area contributed by atoms with Crippen molar-refractivity contribution in [1.82, 2.24) is 19.2 Å². The highest BCUT2D eigenvalue weighted by Gasteiger charge is 2.14. The fourth-order valence-corrected chi connectivity index (χ4v) is 4.05. The van der Waals surface area contributed by atoms with Crippen LogP contribution in [0.4, 0.5) is 5.69 Å². The summed E-state index contributed by atoms with van der Waals surface area (Å²) < 4.78 is 4.10. The molecule has 32 heavy (non-hydrogen) atoms. The lowest BCUT2D eigenvalue weighted by Gasteiger charge is -2.14. The first-order chi connectivity index (χ1) is 15.5. The molecule has 1 amide bonds. The fraction of sp³-hybridized carbons (Fsp3) is 0.115. The third-order valence-corrected chi connectivity index (χ3v) is 5.50. The highest BCUT2D eigenvalue weighted by atomic mass is 16.1. The van der Waals surface area contributed by atoms with E-state index in [-0.39, 0.29) is 5.91 Å². The number of nitrogens with one attached hydrogen (secondary N) is 1. The molecule has 3 heterocycles. The molecule has 158 valence electrons. The number of fused-ring (bicyclic) bond motifs is 1. The first-order valence-electron chi connectivity index (χ1n) is 10.5. The second-order valence-corrected chi connectivity index (χ2v) is 8.05. The van der Waals surface area contributed by atoms with Crippen LogP contribution >= 0.6 is 0 Å². The number of aromatic nitrogens is 4. The van der Waals surface area contributed by atoms with E-state index in [1.54, 1.807) is 6.20 Å². The van der Waals surface area contributed by atoms with Gasteiger partial charge in [0.1, 0.15) is 0 Å². The van der Waals surface area contributed by atoms with Crippen molar-refractivity contribution in [3.63, 3.8) is 0 Å². The molecule has 0 unspecified atom stereocenters. The minimum atomic E-state index is -0.122. The number of aryl methyl sites for hydroxylation is 3. The van der Waals surface area contributed by atoms with Crippen molar-refractivity contribution in [2.24, 2.45) is 0 Å². The van der Waals surface area contributed by atoms with Crippen molar-refractivity contribution in [1.29, 1.82) is 0 Å². The lowest BCUT2D eigenvalue weighted by atomic mass is 10.1. The van der Waals surface area contributed by atoms with Gasteiger partial charge < -0.3 is 5.32 Å². The van der Waals surface area contributed by atoms with Crippen LogP contribution in [0.3, 0.4) is 0 Å². The molecule has 5 aromatic rings.